The van der Waals surface area contributed by atoms with Crippen LogP contribution >= 0.6 is 0 Å². The average molecular weight is 390 g/mol. The van der Waals surface area contributed by atoms with Crippen molar-refractivity contribution in [2.45, 2.75) is 32.0 Å². The number of aryl methyl sites for hydroxylation is 1. The fourth-order valence-electron chi connectivity index (χ4n) is 3.37. The lowest BCUT2D eigenvalue weighted by Crippen LogP contribution is -2.46. The summed E-state index contributed by atoms with van der Waals surface area (Å²) in [6.45, 7) is 2.49. The van der Waals surface area contributed by atoms with Gasteiger partial charge in [-0.1, -0.05) is 29.8 Å². The van der Waals surface area contributed by atoms with Crippen LogP contribution in [0.1, 0.15) is 44.7 Å². The maximum atomic E-state index is 13.2. The first-order valence-corrected chi connectivity index (χ1v) is 9.09. The van der Waals surface area contributed by atoms with Crippen LogP contribution in [0.4, 0.5) is 13.2 Å². The predicted molar refractivity (Wildman–Crippen MR) is 99.0 cm³/mol. The molecule has 0 aliphatic carbocycles. The smallest absolute Gasteiger partial charge is 0.349 e. The van der Waals surface area contributed by atoms with Gasteiger partial charge in [-0.05, 0) is 44.0 Å². The molecule has 2 aromatic carbocycles. The largest absolute Gasteiger partial charge is 0.417 e. The Morgan fingerprint density at radius 3 is 2.36 bits per heavy atom. The van der Waals surface area contributed by atoms with Gasteiger partial charge in [0, 0.05) is 24.7 Å². The van der Waals surface area contributed by atoms with Crippen LogP contribution < -0.4 is 5.32 Å². The summed E-state index contributed by atoms with van der Waals surface area (Å²) >= 11 is 0. The molecule has 1 heterocycles. The highest BCUT2D eigenvalue weighted by molar-refractivity contribution is 5.96. The van der Waals surface area contributed by atoms with E-state index >= 15 is 0 Å². The molecule has 7 heteroatoms. The summed E-state index contributed by atoms with van der Waals surface area (Å²) in [4.78, 5) is 26.4. The van der Waals surface area contributed by atoms with Crippen molar-refractivity contribution in [2.75, 3.05) is 13.1 Å². The van der Waals surface area contributed by atoms with Gasteiger partial charge in [0.1, 0.15) is 0 Å². The van der Waals surface area contributed by atoms with Gasteiger partial charge in [0.05, 0.1) is 11.1 Å². The summed E-state index contributed by atoms with van der Waals surface area (Å²) in [5, 5.41) is 2.94. The number of nitrogens with one attached hydrogen (secondary N) is 1. The van der Waals surface area contributed by atoms with E-state index in [9.17, 15) is 22.8 Å². The van der Waals surface area contributed by atoms with Crippen LogP contribution in [0.3, 0.4) is 0 Å². The zero-order valence-electron chi connectivity index (χ0n) is 15.4. The molecule has 4 nitrogen and oxygen atoms in total. The topological polar surface area (TPSA) is 49.4 Å². The van der Waals surface area contributed by atoms with Crippen LogP contribution in [0.25, 0.3) is 0 Å². The first-order chi connectivity index (χ1) is 13.3. The first-order valence-electron chi connectivity index (χ1n) is 9.09. The molecular formula is C21H21F3N2O2. The van der Waals surface area contributed by atoms with E-state index in [-0.39, 0.29) is 17.5 Å². The van der Waals surface area contributed by atoms with Gasteiger partial charge in [0.2, 0.25) is 0 Å². The molecule has 0 spiro atoms. The monoisotopic (exact) mass is 390 g/mol. The SMILES string of the molecule is Cc1cccc(C(=O)NC2CCN(C(=O)c3ccccc3C(F)(F)F)CC2)c1. The molecule has 1 aliphatic heterocycles. The van der Waals surface area contributed by atoms with E-state index in [0.29, 0.717) is 31.5 Å². The minimum atomic E-state index is -4.58. The number of carbonyl (C=O) groups excluding carboxylic acids is 2. The minimum absolute atomic E-state index is 0.116. The third-order valence-electron chi connectivity index (χ3n) is 4.86. The highest BCUT2D eigenvalue weighted by atomic mass is 19.4. The molecule has 28 heavy (non-hydrogen) atoms. The number of carbonyl (C=O) groups is 2. The molecule has 0 atom stereocenters. The van der Waals surface area contributed by atoms with Gasteiger partial charge in [-0.15, -0.1) is 0 Å². The molecule has 148 valence electrons. The second-order valence-electron chi connectivity index (χ2n) is 6.95. The Morgan fingerprint density at radius 1 is 1.04 bits per heavy atom. The summed E-state index contributed by atoms with van der Waals surface area (Å²) in [5.74, 6) is -0.813. The van der Waals surface area contributed by atoms with E-state index < -0.39 is 17.6 Å². The highest BCUT2D eigenvalue weighted by Crippen LogP contribution is 2.32. The van der Waals surface area contributed by atoms with Crippen molar-refractivity contribution >= 4 is 11.8 Å². The Hall–Kier alpha value is -2.83. The number of halogens is 3. The van der Waals surface area contributed by atoms with Crippen molar-refractivity contribution < 1.29 is 22.8 Å². The third kappa shape index (κ3) is 4.52. The van der Waals surface area contributed by atoms with Crippen molar-refractivity contribution in [3.8, 4) is 0 Å². The lowest BCUT2D eigenvalue weighted by atomic mass is 10.0. The molecule has 0 radical (unpaired) electrons. The number of amides is 2. The maximum Gasteiger partial charge on any atom is 0.417 e. The third-order valence-corrected chi connectivity index (χ3v) is 4.86. The number of piperidine rings is 1. The fraction of sp³-hybridized carbons (Fsp3) is 0.333. The summed E-state index contributed by atoms with van der Waals surface area (Å²) in [6, 6.07) is 11.9. The molecule has 3 rings (SSSR count). The van der Waals surface area contributed by atoms with Gasteiger partial charge in [-0.2, -0.15) is 13.2 Å². The lowest BCUT2D eigenvalue weighted by molar-refractivity contribution is -0.138. The zero-order valence-corrected chi connectivity index (χ0v) is 15.4. The Labute approximate surface area is 161 Å². The number of rotatable bonds is 3. The fourth-order valence-corrected chi connectivity index (χ4v) is 3.37. The second-order valence-corrected chi connectivity index (χ2v) is 6.95. The number of hydrogen-bond acceptors (Lipinski definition) is 2. The molecule has 0 bridgehead atoms. The van der Waals surface area contributed by atoms with Crippen LogP contribution in [-0.2, 0) is 6.18 Å². The standard InChI is InChI=1S/C21H21F3N2O2/c1-14-5-4-6-15(13-14)19(27)25-16-9-11-26(12-10-16)20(28)17-7-2-3-8-18(17)21(22,23)24/h2-8,13,16H,9-12H2,1H3,(H,25,27). The van der Waals surface area contributed by atoms with Gasteiger partial charge >= 0.3 is 6.18 Å². The quantitative estimate of drug-likeness (QED) is 0.860. The number of nitrogens with zero attached hydrogens (tertiary/aromatic N) is 1. The number of likely N-dealkylation sites (tertiary alicyclic amines) is 1. The summed E-state index contributed by atoms with van der Waals surface area (Å²) in [7, 11) is 0. The van der Waals surface area contributed by atoms with E-state index in [0.717, 1.165) is 11.6 Å². The van der Waals surface area contributed by atoms with Crippen LogP contribution in [0, 0.1) is 6.92 Å². The van der Waals surface area contributed by atoms with Gasteiger partial charge < -0.3 is 10.2 Å². The molecule has 1 fully saturated rings. The van der Waals surface area contributed by atoms with Gasteiger partial charge in [-0.3, -0.25) is 9.59 Å². The predicted octanol–water partition coefficient (Wildman–Crippen LogP) is 4.05. The van der Waals surface area contributed by atoms with Crippen molar-refractivity contribution in [2.24, 2.45) is 0 Å². The number of alkyl halides is 3. The van der Waals surface area contributed by atoms with E-state index in [1.165, 1.54) is 23.1 Å². The highest BCUT2D eigenvalue weighted by Gasteiger charge is 2.36. The lowest BCUT2D eigenvalue weighted by Gasteiger charge is -2.33. The molecule has 0 unspecified atom stereocenters. The molecule has 1 N–H and O–H groups in total. The summed E-state index contributed by atoms with van der Waals surface area (Å²) < 4.78 is 39.5. The Morgan fingerprint density at radius 2 is 1.71 bits per heavy atom. The number of benzene rings is 2. The van der Waals surface area contributed by atoms with Crippen LogP contribution in [0.15, 0.2) is 48.5 Å². The first kappa shape index (κ1) is 19.9. The van der Waals surface area contributed by atoms with Crippen molar-refractivity contribution in [1.29, 1.82) is 0 Å². The molecule has 1 aliphatic rings. The van der Waals surface area contributed by atoms with Crippen LogP contribution in [-0.4, -0.2) is 35.8 Å². The molecule has 0 saturated carbocycles. The van der Waals surface area contributed by atoms with Crippen molar-refractivity contribution in [3.63, 3.8) is 0 Å². The van der Waals surface area contributed by atoms with Gasteiger partial charge in [-0.25, -0.2) is 0 Å². The summed E-state index contributed by atoms with van der Waals surface area (Å²) in [5.41, 5.74) is 0.293. The molecule has 0 aromatic heterocycles. The van der Waals surface area contributed by atoms with E-state index in [4.69, 9.17) is 0 Å². The zero-order chi connectivity index (χ0) is 20.3. The van der Waals surface area contributed by atoms with Gasteiger partial charge in [0.15, 0.2) is 0 Å². The van der Waals surface area contributed by atoms with E-state index in [2.05, 4.69) is 5.32 Å². The summed E-state index contributed by atoms with van der Waals surface area (Å²) in [6.07, 6.45) is -3.58. The number of hydrogen-bond donors (Lipinski definition) is 1. The second kappa shape index (κ2) is 8.04. The normalized spacial score (nSPS) is 15.4. The molecule has 2 amide bonds. The molecular weight excluding hydrogens is 369 g/mol. The van der Waals surface area contributed by atoms with Gasteiger partial charge in [0.25, 0.3) is 11.8 Å². The average Bonchev–Trinajstić information content (AvgIpc) is 2.67. The maximum absolute atomic E-state index is 13.2. The molecule has 1 saturated heterocycles. The Bertz CT molecular complexity index is 872. The van der Waals surface area contributed by atoms with E-state index in [1.54, 1.807) is 12.1 Å². The Balaban J connectivity index is 1.61. The molecule has 2 aromatic rings. The van der Waals surface area contributed by atoms with Crippen molar-refractivity contribution in [1.82, 2.24) is 10.2 Å². The van der Waals surface area contributed by atoms with Crippen LogP contribution in [0.5, 0.6) is 0 Å². The van der Waals surface area contributed by atoms with Crippen LogP contribution in [0.2, 0.25) is 0 Å². The Kier molecular flexibility index (Phi) is 5.72. The minimum Gasteiger partial charge on any atom is -0.349 e. The van der Waals surface area contributed by atoms with E-state index in [1.807, 2.05) is 19.1 Å². The van der Waals surface area contributed by atoms with Crippen molar-refractivity contribution in [3.05, 3.63) is 70.8 Å².